The lowest BCUT2D eigenvalue weighted by Gasteiger charge is -2.23. The lowest BCUT2D eigenvalue weighted by molar-refractivity contribution is 0.105. The molecule has 144 valence electrons. The van der Waals surface area contributed by atoms with Crippen LogP contribution < -0.4 is 15.5 Å². The number of carbonyl (C=O) groups excluding carboxylic acids is 1. The Balaban J connectivity index is 1.49. The first-order chi connectivity index (χ1) is 12.6. The SMILES string of the molecule is CN1CCCN(c2ccc(NC(=O)NCC[C@@H]3CCCO3)cc2F)CC1. The van der Waals surface area contributed by atoms with Gasteiger partial charge in [-0.1, -0.05) is 0 Å². The Labute approximate surface area is 154 Å². The molecule has 0 spiro atoms. The van der Waals surface area contributed by atoms with Crippen LogP contribution in [0.5, 0.6) is 0 Å². The summed E-state index contributed by atoms with van der Waals surface area (Å²) in [4.78, 5) is 16.3. The van der Waals surface area contributed by atoms with Gasteiger partial charge >= 0.3 is 6.03 Å². The number of amides is 2. The minimum absolute atomic E-state index is 0.250. The molecule has 1 atom stereocenters. The fraction of sp³-hybridized carbons (Fsp3) is 0.632. The van der Waals surface area contributed by atoms with E-state index in [1.807, 2.05) is 0 Å². The normalized spacial score (nSPS) is 21.5. The zero-order valence-corrected chi connectivity index (χ0v) is 15.5. The average Bonchev–Trinajstić information content (AvgIpc) is 3.03. The van der Waals surface area contributed by atoms with Crippen LogP contribution >= 0.6 is 0 Å². The molecule has 2 heterocycles. The topological polar surface area (TPSA) is 56.8 Å². The summed E-state index contributed by atoms with van der Waals surface area (Å²) in [6.45, 7) is 4.98. The summed E-state index contributed by atoms with van der Waals surface area (Å²) in [6, 6.07) is 4.59. The number of hydrogen-bond acceptors (Lipinski definition) is 4. The van der Waals surface area contributed by atoms with Crippen molar-refractivity contribution >= 4 is 17.4 Å². The van der Waals surface area contributed by atoms with Crippen molar-refractivity contribution in [3.8, 4) is 0 Å². The number of ether oxygens (including phenoxy) is 1. The summed E-state index contributed by atoms with van der Waals surface area (Å²) in [7, 11) is 2.09. The van der Waals surface area contributed by atoms with Crippen LogP contribution in [0.3, 0.4) is 0 Å². The van der Waals surface area contributed by atoms with Crippen LogP contribution in [-0.4, -0.2) is 63.4 Å². The maximum absolute atomic E-state index is 14.5. The van der Waals surface area contributed by atoms with E-state index in [0.29, 0.717) is 17.9 Å². The minimum atomic E-state index is -0.313. The van der Waals surface area contributed by atoms with Crippen molar-refractivity contribution in [2.75, 3.05) is 56.6 Å². The van der Waals surface area contributed by atoms with Crippen molar-refractivity contribution in [2.45, 2.75) is 31.8 Å². The fourth-order valence-corrected chi connectivity index (χ4v) is 3.52. The molecule has 7 heteroatoms. The van der Waals surface area contributed by atoms with Gasteiger partial charge in [0, 0.05) is 38.5 Å². The molecule has 0 aliphatic carbocycles. The number of nitrogens with zero attached hydrogens (tertiary/aromatic N) is 2. The van der Waals surface area contributed by atoms with Gasteiger partial charge < -0.3 is 25.2 Å². The Kier molecular flexibility index (Phi) is 6.68. The molecule has 2 aliphatic heterocycles. The third kappa shape index (κ3) is 5.32. The molecule has 0 aromatic heterocycles. The fourth-order valence-electron chi connectivity index (χ4n) is 3.52. The van der Waals surface area contributed by atoms with Crippen molar-refractivity contribution in [1.82, 2.24) is 10.2 Å². The molecule has 2 aliphatic rings. The zero-order chi connectivity index (χ0) is 18.4. The Hall–Kier alpha value is -1.86. The Morgan fingerprint density at radius 2 is 2.15 bits per heavy atom. The maximum Gasteiger partial charge on any atom is 0.319 e. The number of halogens is 1. The predicted octanol–water partition coefficient (Wildman–Crippen LogP) is 2.66. The van der Waals surface area contributed by atoms with E-state index in [9.17, 15) is 9.18 Å². The second-order valence-corrected chi connectivity index (χ2v) is 7.11. The number of urea groups is 1. The third-order valence-electron chi connectivity index (χ3n) is 5.04. The van der Waals surface area contributed by atoms with Gasteiger partial charge in [-0.2, -0.15) is 0 Å². The van der Waals surface area contributed by atoms with Crippen molar-refractivity contribution in [2.24, 2.45) is 0 Å². The van der Waals surface area contributed by atoms with Crippen LogP contribution in [0.4, 0.5) is 20.6 Å². The van der Waals surface area contributed by atoms with Gasteiger partial charge in [-0.05, 0) is 57.5 Å². The van der Waals surface area contributed by atoms with Crippen LogP contribution in [0.25, 0.3) is 0 Å². The van der Waals surface area contributed by atoms with Crippen LogP contribution in [0.15, 0.2) is 18.2 Å². The molecule has 0 radical (unpaired) electrons. The number of anilines is 2. The quantitative estimate of drug-likeness (QED) is 0.843. The van der Waals surface area contributed by atoms with Crippen molar-refractivity contribution in [3.05, 3.63) is 24.0 Å². The number of likely N-dealkylation sites (N-methyl/N-ethyl adjacent to an activating group) is 1. The van der Waals surface area contributed by atoms with E-state index in [0.717, 1.165) is 58.5 Å². The molecule has 6 nitrogen and oxygen atoms in total. The van der Waals surface area contributed by atoms with E-state index in [1.165, 1.54) is 6.07 Å². The Bertz CT molecular complexity index is 607. The lowest BCUT2D eigenvalue weighted by Crippen LogP contribution is -2.31. The smallest absolute Gasteiger partial charge is 0.319 e. The van der Waals surface area contributed by atoms with Crippen molar-refractivity contribution < 1.29 is 13.9 Å². The first kappa shape index (κ1) is 18.9. The number of hydrogen-bond donors (Lipinski definition) is 2. The Morgan fingerprint density at radius 3 is 2.92 bits per heavy atom. The maximum atomic E-state index is 14.5. The Morgan fingerprint density at radius 1 is 1.27 bits per heavy atom. The molecule has 1 aromatic rings. The molecule has 3 rings (SSSR count). The molecule has 2 fully saturated rings. The second-order valence-electron chi connectivity index (χ2n) is 7.11. The van der Waals surface area contributed by atoms with Crippen LogP contribution in [0.2, 0.25) is 0 Å². The molecule has 0 saturated carbocycles. The van der Waals surface area contributed by atoms with E-state index >= 15 is 0 Å². The van der Waals surface area contributed by atoms with E-state index in [2.05, 4.69) is 27.5 Å². The van der Waals surface area contributed by atoms with E-state index < -0.39 is 0 Å². The van der Waals surface area contributed by atoms with E-state index in [-0.39, 0.29) is 18.0 Å². The van der Waals surface area contributed by atoms with Crippen molar-refractivity contribution in [1.29, 1.82) is 0 Å². The molecule has 1 aromatic carbocycles. The summed E-state index contributed by atoms with van der Waals surface area (Å²) >= 11 is 0. The highest BCUT2D eigenvalue weighted by atomic mass is 19.1. The summed E-state index contributed by atoms with van der Waals surface area (Å²) in [5.74, 6) is -0.299. The molecule has 0 unspecified atom stereocenters. The molecule has 2 amide bonds. The largest absolute Gasteiger partial charge is 0.378 e. The summed E-state index contributed by atoms with van der Waals surface area (Å²) in [6.07, 6.45) is 4.23. The van der Waals surface area contributed by atoms with Crippen LogP contribution in [-0.2, 0) is 4.74 Å². The standard InChI is InChI=1S/C19H29FN4O2/c1-23-9-3-10-24(12-11-23)18-6-5-15(14-17(18)20)22-19(25)21-8-7-16-4-2-13-26-16/h5-6,14,16H,2-4,7-13H2,1H3,(H2,21,22,25)/t16-/m0/s1. The minimum Gasteiger partial charge on any atom is -0.378 e. The van der Waals surface area contributed by atoms with Gasteiger partial charge in [-0.3, -0.25) is 0 Å². The first-order valence-electron chi connectivity index (χ1n) is 9.51. The van der Waals surface area contributed by atoms with E-state index in [1.54, 1.807) is 12.1 Å². The molecule has 0 bridgehead atoms. The van der Waals surface area contributed by atoms with Gasteiger partial charge in [-0.15, -0.1) is 0 Å². The summed E-state index contributed by atoms with van der Waals surface area (Å²) < 4.78 is 20.1. The summed E-state index contributed by atoms with van der Waals surface area (Å²) in [5, 5.41) is 5.50. The van der Waals surface area contributed by atoms with Crippen molar-refractivity contribution in [3.63, 3.8) is 0 Å². The molecule has 2 saturated heterocycles. The van der Waals surface area contributed by atoms with Gasteiger partial charge in [0.15, 0.2) is 0 Å². The number of rotatable bonds is 5. The summed E-state index contributed by atoms with van der Waals surface area (Å²) in [5.41, 5.74) is 1.07. The van der Waals surface area contributed by atoms with Gasteiger partial charge in [0.05, 0.1) is 11.8 Å². The average molecular weight is 364 g/mol. The second kappa shape index (κ2) is 9.19. The van der Waals surface area contributed by atoms with Crippen LogP contribution in [0.1, 0.15) is 25.7 Å². The highest BCUT2D eigenvalue weighted by molar-refractivity contribution is 5.89. The van der Waals surface area contributed by atoms with Crippen LogP contribution in [0, 0.1) is 5.82 Å². The predicted molar refractivity (Wildman–Crippen MR) is 101 cm³/mol. The zero-order valence-electron chi connectivity index (χ0n) is 15.5. The lowest BCUT2D eigenvalue weighted by atomic mass is 10.2. The third-order valence-corrected chi connectivity index (χ3v) is 5.04. The molecular formula is C19H29FN4O2. The molecule has 26 heavy (non-hydrogen) atoms. The molecule has 2 N–H and O–H groups in total. The highest BCUT2D eigenvalue weighted by Crippen LogP contribution is 2.24. The molecular weight excluding hydrogens is 335 g/mol. The van der Waals surface area contributed by atoms with Gasteiger partial charge in [0.1, 0.15) is 5.82 Å². The number of nitrogens with one attached hydrogen (secondary N) is 2. The van der Waals surface area contributed by atoms with Gasteiger partial charge in [-0.25, -0.2) is 9.18 Å². The highest BCUT2D eigenvalue weighted by Gasteiger charge is 2.17. The number of carbonyl (C=O) groups is 1. The van der Waals surface area contributed by atoms with Gasteiger partial charge in [0.2, 0.25) is 0 Å². The van der Waals surface area contributed by atoms with E-state index in [4.69, 9.17) is 4.74 Å². The van der Waals surface area contributed by atoms with Gasteiger partial charge in [0.25, 0.3) is 0 Å². The monoisotopic (exact) mass is 364 g/mol. The number of benzene rings is 1. The first-order valence-corrected chi connectivity index (χ1v) is 9.51.